The van der Waals surface area contributed by atoms with E-state index in [0.29, 0.717) is 47.3 Å². The van der Waals surface area contributed by atoms with Crippen molar-refractivity contribution in [3.63, 3.8) is 0 Å². The SMILES string of the molecule is CCc1[nH]c(C(=O)N[C@@H]2CCN(c3nc(C(=O)O)c(/C(C)=N/OC)s3)CC2OC)nc1Cl. The maximum Gasteiger partial charge on any atom is 0.356 e. The highest BCUT2D eigenvalue weighted by atomic mass is 35.5. The highest BCUT2D eigenvalue weighted by Gasteiger charge is 2.33. The molecule has 3 rings (SSSR count). The number of carboxylic acid groups (broad SMARTS) is 1. The number of halogens is 1. The predicted octanol–water partition coefficient (Wildman–Crippen LogP) is 2.17. The molecular formula is C19H25ClN6O5S. The van der Waals surface area contributed by atoms with Gasteiger partial charge in [-0.05, 0) is 19.8 Å². The molecule has 1 amide bonds. The molecule has 1 unspecified atom stereocenters. The molecule has 13 heteroatoms. The van der Waals surface area contributed by atoms with E-state index < -0.39 is 5.97 Å². The van der Waals surface area contributed by atoms with Crippen LogP contribution >= 0.6 is 22.9 Å². The number of carboxylic acids is 1. The molecule has 1 aliphatic heterocycles. The van der Waals surface area contributed by atoms with Gasteiger partial charge in [0.15, 0.2) is 21.8 Å². The largest absolute Gasteiger partial charge is 0.476 e. The normalized spacial score (nSPS) is 19.2. The molecule has 3 N–H and O–H groups in total. The van der Waals surface area contributed by atoms with Crippen molar-refractivity contribution in [2.24, 2.45) is 5.16 Å². The van der Waals surface area contributed by atoms with Gasteiger partial charge in [-0.15, -0.1) is 0 Å². The summed E-state index contributed by atoms with van der Waals surface area (Å²) in [5, 5.41) is 17.1. The highest BCUT2D eigenvalue weighted by molar-refractivity contribution is 7.17. The topological polar surface area (TPSA) is 142 Å². The molecule has 0 radical (unpaired) electrons. The van der Waals surface area contributed by atoms with Crippen molar-refractivity contribution in [1.82, 2.24) is 20.3 Å². The Morgan fingerprint density at radius 2 is 2.16 bits per heavy atom. The standard InChI is InChI=1S/C19H25ClN6O5S/c1-5-10-15(20)24-16(21-10)17(27)22-11-6-7-26(8-12(11)30-3)19-23-13(18(28)29)14(32-19)9(2)25-31-4/h11-12H,5-8H2,1-4H3,(H,21,24)(H,22,27)(H,28,29)/b25-9+/t11-,12?/m1/s1. The number of hydrogen-bond donors (Lipinski definition) is 3. The molecule has 0 bridgehead atoms. The van der Waals surface area contributed by atoms with E-state index in [9.17, 15) is 14.7 Å². The number of imidazole rings is 1. The zero-order valence-corrected chi connectivity index (χ0v) is 19.7. The van der Waals surface area contributed by atoms with Gasteiger partial charge in [-0.1, -0.05) is 35.0 Å². The van der Waals surface area contributed by atoms with E-state index in [0.717, 1.165) is 0 Å². The van der Waals surface area contributed by atoms with E-state index in [1.165, 1.54) is 18.4 Å². The average molecular weight is 485 g/mol. The van der Waals surface area contributed by atoms with Crippen molar-refractivity contribution in [3.05, 3.63) is 27.2 Å². The number of thiazole rings is 1. The van der Waals surface area contributed by atoms with Crippen LogP contribution in [0.2, 0.25) is 5.15 Å². The molecule has 1 aliphatic rings. The van der Waals surface area contributed by atoms with Crippen molar-refractivity contribution < 1.29 is 24.3 Å². The van der Waals surface area contributed by atoms with Gasteiger partial charge < -0.3 is 29.9 Å². The Hall–Kier alpha value is -2.70. The number of aryl methyl sites for hydroxylation is 1. The molecule has 11 nitrogen and oxygen atoms in total. The second-order valence-electron chi connectivity index (χ2n) is 7.14. The number of piperidine rings is 1. The van der Waals surface area contributed by atoms with E-state index in [2.05, 4.69) is 25.4 Å². The summed E-state index contributed by atoms with van der Waals surface area (Å²) < 4.78 is 5.62. The zero-order chi connectivity index (χ0) is 23.4. The summed E-state index contributed by atoms with van der Waals surface area (Å²) in [4.78, 5) is 42.7. The number of oxime groups is 1. The molecule has 174 valence electrons. The van der Waals surface area contributed by atoms with Crippen LogP contribution in [0.25, 0.3) is 0 Å². The number of anilines is 1. The Balaban J connectivity index is 1.74. The number of aromatic carboxylic acids is 1. The van der Waals surface area contributed by atoms with Crippen LogP contribution in [0.5, 0.6) is 0 Å². The van der Waals surface area contributed by atoms with Gasteiger partial charge in [0, 0.05) is 20.2 Å². The Labute approximate surface area is 193 Å². The van der Waals surface area contributed by atoms with E-state index in [1.54, 1.807) is 14.0 Å². The first-order valence-corrected chi connectivity index (χ1v) is 11.1. The summed E-state index contributed by atoms with van der Waals surface area (Å²) in [6, 6.07) is -0.257. The monoisotopic (exact) mass is 484 g/mol. The Morgan fingerprint density at radius 1 is 1.41 bits per heavy atom. The van der Waals surface area contributed by atoms with Gasteiger partial charge in [0.1, 0.15) is 7.11 Å². The molecule has 0 aliphatic carbocycles. The summed E-state index contributed by atoms with van der Waals surface area (Å²) >= 11 is 7.26. The van der Waals surface area contributed by atoms with Crippen LogP contribution in [0.4, 0.5) is 5.13 Å². The predicted molar refractivity (Wildman–Crippen MR) is 120 cm³/mol. The number of hydrogen-bond acceptors (Lipinski definition) is 9. The molecule has 2 atom stereocenters. The molecule has 3 heterocycles. The first-order chi connectivity index (χ1) is 15.3. The zero-order valence-electron chi connectivity index (χ0n) is 18.1. The number of nitrogens with zero attached hydrogens (tertiary/aromatic N) is 4. The van der Waals surface area contributed by atoms with Crippen LogP contribution in [0.1, 0.15) is 51.9 Å². The van der Waals surface area contributed by atoms with Gasteiger partial charge in [0.25, 0.3) is 5.91 Å². The Morgan fingerprint density at radius 3 is 2.75 bits per heavy atom. The fraction of sp³-hybridized carbons (Fsp3) is 0.526. The minimum atomic E-state index is -1.14. The molecule has 2 aromatic rings. The van der Waals surface area contributed by atoms with Crippen molar-refractivity contribution >= 4 is 45.7 Å². The lowest BCUT2D eigenvalue weighted by atomic mass is 10.0. The minimum Gasteiger partial charge on any atom is -0.476 e. The number of carbonyl (C=O) groups is 2. The fourth-order valence-electron chi connectivity index (χ4n) is 3.47. The molecule has 0 spiro atoms. The number of rotatable bonds is 8. The Kier molecular flexibility index (Phi) is 7.69. The van der Waals surface area contributed by atoms with E-state index >= 15 is 0 Å². The lowest BCUT2D eigenvalue weighted by Crippen LogP contribution is -2.55. The maximum absolute atomic E-state index is 12.6. The molecule has 1 fully saturated rings. The molecule has 0 saturated carbocycles. The maximum atomic E-state index is 12.6. The van der Waals surface area contributed by atoms with Gasteiger partial charge in [-0.25, -0.2) is 14.8 Å². The summed E-state index contributed by atoms with van der Waals surface area (Å²) in [7, 11) is 2.96. The van der Waals surface area contributed by atoms with Gasteiger partial charge in [-0.3, -0.25) is 4.79 Å². The van der Waals surface area contributed by atoms with Crippen LogP contribution in [-0.2, 0) is 16.0 Å². The van der Waals surface area contributed by atoms with E-state index in [-0.39, 0.29) is 34.7 Å². The van der Waals surface area contributed by atoms with Crippen LogP contribution in [0.15, 0.2) is 5.16 Å². The fourth-order valence-corrected chi connectivity index (χ4v) is 4.77. The number of aromatic amines is 1. The van der Waals surface area contributed by atoms with Crippen molar-refractivity contribution in [3.8, 4) is 0 Å². The van der Waals surface area contributed by atoms with Crippen LogP contribution in [-0.4, -0.2) is 77.1 Å². The van der Waals surface area contributed by atoms with E-state index in [1.807, 2.05) is 11.8 Å². The van der Waals surface area contributed by atoms with Gasteiger partial charge in [0.05, 0.1) is 28.4 Å². The van der Waals surface area contributed by atoms with Crippen LogP contribution in [0.3, 0.4) is 0 Å². The number of H-pyrrole nitrogens is 1. The molecular weight excluding hydrogens is 460 g/mol. The third-order valence-electron chi connectivity index (χ3n) is 5.12. The van der Waals surface area contributed by atoms with Crippen molar-refractivity contribution in [1.29, 1.82) is 0 Å². The lowest BCUT2D eigenvalue weighted by Gasteiger charge is -2.37. The quantitative estimate of drug-likeness (QED) is 0.382. The van der Waals surface area contributed by atoms with Gasteiger partial charge in [-0.2, -0.15) is 0 Å². The number of methoxy groups -OCH3 is 1. The summed E-state index contributed by atoms with van der Waals surface area (Å²) in [5.41, 5.74) is 1.06. The third kappa shape index (κ3) is 5.03. The number of aromatic nitrogens is 3. The average Bonchev–Trinajstić information content (AvgIpc) is 3.38. The van der Waals surface area contributed by atoms with Gasteiger partial charge in [0.2, 0.25) is 0 Å². The highest BCUT2D eigenvalue weighted by Crippen LogP contribution is 2.30. The van der Waals surface area contributed by atoms with E-state index in [4.69, 9.17) is 21.2 Å². The summed E-state index contributed by atoms with van der Waals surface area (Å²) in [6.07, 6.45) is 0.876. The summed E-state index contributed by atoms with van der Waals surface area (Å²) in [6.45, 7) is 4.56. The first-order valence-electron chi connectivity index (χ1n) is 9.94. The molecule has 1 saturated heterocycles. The smallest absolute Gasteiger partial charge is 0.356 e. The molecule has 2 aromatic heterocycles. The Bertz CT molecular complexity index is 1020. The molecule has 32 heavy (non-hydrogen) atoms. The number of nitrogens with one attached hydrogen (secondary N) is 2. The number of ether oxygens (including phenoxy) is 1. The lowest BCUT2D eigenvalue weighted by molar-refractivity contribution is 0.0538. The summed E-state index contributed by atoms with van der Waals surface area (Å²) in [5.74, 6) is -1.34. The van der Waals surface area contributed by atoms with Gasteiger partial charge >= 0.3 is 5.97 Å². The number of carbonyl (C=O) groups excluding carboxylic acids is 1. The van der Waals surface area contributed by atoms with Crippen LogP contribution < -0.4 is 10.2 Å². The second-order valence-corrected chi connectivity index (χ2v) is 8.47. The van der Waals surface area contributed by atoms with Crippen molar-refractivity contribution in [2.75, 3.05) is 32.2 Å². The van der Waals surface area contributed by atoms with Crippen molar-refractivity contribution in [2.45, 2.75) is 38.8 Å². The molecule has 0 aromatic carbocycles. The number of amides is 1. The first kappa shape index (κ1) is 24.0. The second kappa shape index (κ2) is 10.3. The third-order valence-corrected chi connectivity index (χ3v) is 6.66. The van der Waals surface area contributed by atoms with Crippen LogP contribution in [0, 0.1) is 0 Å². The minimum absolute atomic E-state index is 0.0749.